The molecule has 0 bridgehead atoms. The molecule has 0 saturated heterocycles. The lowest BCUT2D eigenvalue weighted by Crippen LogP contribution is -2.19. The molecule has 0 rings (SSSR count). The van der Waals surface area contributed by atoms with Crippen LogP contribution in [0.5, 0.6) is 0 Å². The van der Waals surface area contributed by atoms with Crippen LogP contribution in [-0.4, -0.2) is 35.2 Å². The summed E-state index contributed by atoms with van der Waals surface area (Å²) in [6, 6.07) is 0. The average Bonchev–Trinajstić information content (AvgIpc) is 1.95. The molecular weight excluding hydrogens is 205 g/mol. The minimum absolute atomic E-state index is 0.0724. The van der Waals surface area contributed by atoms with Gasteiger partial charge in [0.15, 0.2) is 0 Å². The van der Waals surface area contributed by atoms with Crippen molar-refractivity contribution in [2.45, 2.75) is 31.6 Å². The van der Waals surface area contributed by atoms with Gasteiger partial charge in [-0.3, -0.25) is 4.74 Å². The number of aliphatic hydroxyl groups is 1. The normalized spacial score (nSPS) is 17.1. The summed E-state index contributed by atoms with van der Waals surface area (Å²) in [5.74, 6) is 0.228. The highest BCUT2D eigenvalue weighted by Crippen LogP contribution is 2.18. The van der Waals surface area contributed by atoms with Crippen molar-refractivity contribution >= 4 is 11.8 Å². The lowest BCUT2D eigenvalue weighted by molar-refractivity contribution is -0.322. The Bertz CT molecular complexity index is 138. The molecule has 0 amide bonds. The SMILES string of the molecule is CC(O)C(C)SCCOC(F)(F)F. The van der Waals surface area contributed by atoms with Crippen LogP contribution in [0, 0.1) is 0 Å². The van der Waals surface area contributed by atoms with Crippen LogP contribution in [0.1, 0.15) is 13.8 Å². The maximum Gasteiger partial charge on any atom is 0.522 e. The molecule has 2 atom stereocenters. The molecule has 80 valence electrons. The van der Waals surface area contributed by atoms with Crippen molar-refractivity contribution in [3.63, 3.8) is 0 Å². The monoisotopic (exact) mass is 218 g/mol. The largest absolute Gasteiger partial charge is 0.522 e. The third kappa shape index (κ3) is 8.39. The van der Waals surface area contributed by atoms with Crippen molar-refractivity contribution in [2.75, 3.05) is 12.4 Å². The van der Waals surface area contributed by atoms with Crippen LogP contribution >= 0.6 is 11.8 Å². The first-order valence-corrected chi connectivity index (χ1v) is 4.88. The van der Waals surface area contributed by atoms with Crippen molar-refractivity contribution in [1.29, 1.82) is 0 Å². The molecule has 0 aliphatic heterocycles. The minimum Gasteiger partial charge on any atom is -0.392 e. The van der Waals surface area contributed by atoms with E-state index in [0.717, 1.165) is 0 Å². The number of aliphatic hydroxyl groups excluding tert-OH is 1. The number of rotatable bonds is 5. The smallest absolute Gasteiger partial charge is 0.392 e. The first kappa shape index (κ1) is 13.1. The fourth-order valence-electron chi connectivity index (χ4n) is 0.531. The van der Waals surface area contributed by atoms with Crippen LogP contribution in [-0.2, 0) is 4.74 Å². The van der Waals surface area contributed by atoms with Crippen molar-refractivity contribution in [2.24, 2.45) is 0 Å². The number of hydrogen-bond donors (Lipinski definition) is 1. The molecule has 2 unspecified atom stereocenters. The Morgan fingerprint density at radius 1 is 1.38 bits per heavy atom. The molecule has 0 aromatic carbocycles. The number of halogens is 3. The van der Waals surface area contributed by atoms with E-state index in [-0.39, 0.29) is 17.6 Å². The molecule has 0 aromatic rings. The van der Waals surface area contributed by atoms with Crippen LogP contribution < -0.4 is 0 Å². The molecule has 0 aromatic heterocycles. The first-order valence-electron chi connectivity index (χ1n) is 3.83. The van der Waals surface area contributed by atoms with Gasteiger partial charge in [-0.15, -0.1) is 13.2 Å². The molecular formula is C7H13F3O2S. The lowest BCUT2D eigenvalue weighted by atomic mass is 10.3. The standard InChI is InChI=1S/C7H13F3O2S/c1-5(11)6(2)13-4-3-12-7(8,9)10/h5-6,11H,3-4H2,1-2H3. The zero-order chi connectivity index (χ0) is 10.5. The van der Waals surface area contributed by atoms with Gasteiger partial charge < -0.3 is 5.11 Å². The van der Waals surface area contributed by atoms with Gasteiger partial charge in [0, 0.05) is 11.0 Å². The number of alkyl halides is 3. The van der Waals surface area contributed by atoms with Crippen LogP contribution in [0.2, 0.25) is 0 Å². The van der Waals surface area contributed by atoms with E-state index < -0.39 is 12.5 Å². The molecule has 1 N–H and O–H groups in total. The van der Waals surface area contributed by atoms with Crippen molar-refractivity contribution in [1.82, 2.24) is 0 Å². The highest BCUT2D eigenvalue weighted by atomic mass is 32.2. The Morgan fingerprint density at radius 3 is 2.31 bits per heavy atom. The molecule has 6 heteroatoms. The number of thioether (sulfide) groups is 1. The summed E-state index contributed by atoms with van der Waals surface area (Å²) < 4.78 is 37.9. The average molecular weight is 218 g/mol. The van der Waals surface area contributed by atoms with E-state index in [1.165, 1.54) is 11.8 Å². The van der Waals surface area contributed by atoms with Crippen LogP contribution in [0.15, 0.2) is 0 Å². The fourth-order valence-corrected chi connectivity index (χ4v) is 1.36. The van der Waals surface area contributed by atoms with Crippen LogP contribution in [0.3, 0.4) is 0 Å². The van der Waals surface area contributed by atoms with E-state index >= 15 is 0 Å². The molecule has 2 nitrogen and oxygen atoms in total. The minimum atomic E-state index is -4.55. The van der Waals surface area contributed by atoms with Crippen LogP contribution in [0.4, 0.5) is 13.2 Å². The van der Waals surface area contributed by atoms with E-state index in [1.807, 2.05) is 0 Å². The molecule has 0 aliphatic carbocycles. The maximum atomic E-state index is 11.5. The Balaban J connectivity index is 3.36. The van der Waals surface area contributed by atoms with Gasteiger partial charge in [0.05, 0.1) is 12.7 Å². The Labute approximate surface area is 79.5 Å². The van der Waals surface area contributed by atoms with Gasteiger partial charge in [-0.2, -0.15) is 11.8 Å². The molecule has 13 heavy (non-hydrogen) atoms. The molecule has 0 saturated carbocycles. The summed E-state index contributed by atoms with van der Waals surface area (Å²) in [6.45, 7) is 2.98. The van der Waals surface area contributed by atoms with Gasteiger partial charge in [-0.1, -0.05) is 6.92 Å². The second-order valence-corrected chi connectivity index (χ2v) is 4.10. The van der Waals surface area contributed by atoms with E-state index in [9.17, 15) is 13.2 Å². The predicted octanol–water partition coefficient (Wildman–Crippen LogP) is 2.03. The number of ether oxygens (including phenoxy) is 1. The number of hydrogen-bond acceptors (Lipinski definition) is 3. The molecule has 0 spiro atoms. The van der Waals surface area contributed by atoms with Crippen molar-refractivity contribution in [3.8, 4) is 0 Å². The Morgan fingerprint density at radius 2 is 1.92 bits per heavy atom. The first-order chi connectivity index (χ1) is 5.83. The fraction of sp³-hybridized carbons (Fsp3) is 1.00. The second-order valence-electron chi connectivity index (χ2n) is 2.61. The third-order valence-corrected chi connectivity index (χ3v) is 2.73. The highest BCUT2D eigenvalue weighted by Gasteiger charge is 2.28. The maximum absolute atomic E-state index is 11.5. The molecule has 0 fully saturated rings. The van der Waals surface area contributed by atoms with Crippen molar-refractivity contribution < 1.29 is 23.0 Å². The van der Waals surface area contributed by atoms with E-state index in [0.29, 0.717) is 0 Å². The van der Waals surface area contributed by atoms with E-state index in [2.05, 4.69) is 4.74 Å². The van der Waals surface area contributed by atoms with Gasteiger partial charge >= 0.3 is 6.36 Å². The summed E-state index contributed by atoms with van der Waals surface area (Å²) in [4.78, 5) is 0. The van der Waals surface area contributed by atoms with E-state index in [4.69, 9.17) is 5.11 Å². The molecule has 0 radical (unpaired) electrons. The Hall–Kier alpha value is 0.0600. The zero-order valence-corrected chi connectivity index (χ0v) is 8.28. The molecule has 0 aliphatic rings. The van der Waals surface area contributed by atoms with E-state index in [1.54, 1.807) is 13.8 Å². The zero-order valence-electron chi connectivity index (χ0n) is 7.47. The van der Waals surface area contributed by atoms with Gasteiger partial charge in [-0.05, 0) is 6.92 Å². The molecule has 0 heterocycles. The topological polar surface area (TPSA) is 29.5 Å². The summed E-state index contributed by atoms with van der Waals surface area (Å²) in [5, 5.41) is 8.92. The lowest BCUT2D eigenvalue weighted by Gasteiger charge is -2.14. The van der Waals surface area contributed by atoms with Crippen molar-refractivity contribution in [3.05, 3.63) is 0 Å². The summed E-state index contributed by atoms with van der Waals surface area (Å²) in [7, 11) is 0. The third-order valence-electron chi connectivity index (χ3n) is 1.41. The highest BCUT2D eigenvalue weighted by molar-refractivity contribution is 7.99. The predicted molar refractivity (Wildman–Crippen MR) is 45.6 cm³/mol. The van der Waals surface area contributed by atoms with Gasteiger partial charge in [0.25, 0.3) is 0 Å². The van der Waals surface area contributed by atoms with Crippen LogP contribution in [0.25, 0.3) is 0 Å². The summed E-state index contributed by atoms with van der Waals surface area (Å²) in [6.07, 6.45) is -5.06. The second kappa shape index (κ2) is 5.72. The van der Waals surface area contributed by atoms with Gasteiger partial charge in [-0.25, -0.2) is 0 Å². The Kier molecular flexibility index (Phi) is 5.75. The summed E-state index contributed by atoms with van der Waals surface area (Å²) >= 11 is 1.25. The van der Waals surface area contributed by atoms with Gasteiger partial charge in [0.1, 0.15) is 0 Å². The van der Waals surface area contributed by atoms with Gasteiger partial charge in [0.2, 0.25) is 0 Å². The summed E-state index contributed by atoms with van der Waals surface area (Å²) in [5.41, 5.74) is 0. The quantitative estimate of drug-likeness (QED) is 0.716.